The molecule has 0 bridgehead atoms. The molecule has 0 atom stereocenters. The Morgan fingerprint density at radius 1 is 1.28 bits per heavy atom. The van der Waals surface area contributed by atoms with Crippen molar-refractivity contribution in [1.29, 1.82) is 0 Å². The lowest BCUT2D eigenvalue weighted by molar-refractivity contribution is 0.171. The van der Waals surface area contributed by atoms with Gasteiger partial charge in [0, 0.05) is 0 Å². The van der Waals surface area contributed by atoms with Gasteiger partial charge in [-0.2, -0.15) is 0 Å². The zero-order valence-electron chi connectivity index (χ0n) is 9.55. The van der Waals surface area contributed by atoms with Gasteiger partial charge >= 0.3 is 5.69 Å². The molecule has 1 aliphatic heterocycles. The first-order valence-electron chi connectivity index (χ1n) is 5.60. The largest absolute Gasteiger partial charge is 0.493 e. The fraction of sp³-hybridized carbons (Fsp3) is 0.250. The van der Waals surface area contributed by atoms with Crippen LogP contribution in [0.25, 0.3) is 0 Å². The van der Waals surface area contributed by atoms with Crippen LogP contribution in [0.4, 0.5) is 0 Å². The van der Waals surface area contributed by atoms with E-state index in [9.17, 15) is 9.90 Å². The Morgan fingerprint density at radius 2 is 2.06 bits per heavy atom. The molecule has 2 aromatic rings. The number of imidazole rings is 1. The Morgan fingerprint density at radius 3 is 2.78 bits per heavy atom. The summed E-state index contributed by atoms with van der Waals surface area (Å²) in [6.45, 7) is 1.35. The van der Waals surface area contributed by atoms with Crippen molar-refractivity contribution >= 4 is 0 Å². The average Bonchev–Trinajstić information content (AvgIpc) is 2.70. The summed E-state index contributed by atoms with van der Waals surface area (Å²) >= 11 is 0. The number of aromatic hydroxyl groups is 1. The Hall–Kier alpha value is -2.37. The predicted molar refractivity (Wildman–Crippen MR) is 63.3 cm³/mol. The first-order chi connectivity index (χ1) is 8.74. The van der Waals surface area contributed by atoms with Gasteiger partial charge in [-0.1, -0.05) is 6.07 Å². The van der Waals surface area contributed by atoms with Crippen LogP contribution in [0.15, 0.2) is 29.2 Å². The molecule has 1 aliphatic rings. The van der Waals surface area contributed by atoms with Gasteiger partial charge in [-0.25, -0.2) is 4.79 Å². The Bertz CT molecular complexity index is 629. The maximum absolute atomic E-state index is 11.4. The molecule has 0 unspecified atom stereocenters. The maximum atomic E-state index is 11.4. The van der Waals surface area contributed by atoms with Gasteiger partial charge in [-0.3, -0.25) is 4.57 Å². The quantitative estimate of drug-likeness (QED) is 0.820. The van der Waals surface area contributed by atoms with Crippen molar-refractivity contribution in [3.63, 3.8) is 0 Å². The summed E-state index contributed by atoms with van der Waals surface area (Å²) in [5.74, 6) is 1.28. The number of H-pyrrole nitrogens is 1. The summed E-state index contributed by atoms with van der Waals surface area (Å²) in [4.78, 5) is 13.8. The predicted octanol–water partition coefficient (Wildman–Crippen LogP) is 0.702. The van der Waals surface area contributed by atoms with Crippen molar-refractivity contribution in [1.82, 2.24) is 9.55 Å². The highest BCUT2D eigenvalue weighted by atomic mass is 16.6. The van der Waals surface area contributed by atoms with Gasteiger partial charge in [-0.05, 0) is 17.7 Å². The highest BCUT2D eigenvalue weighted by Gasteiger charge is 2.13. The fourth-order valence-corrected chi connectivity index (χ4v) is 1.91. The second-order valence-corrected chi connectivity index (χ2v) is 4.02. The molecule has 3 rings (SSSR count). The first kappa shape index (κ1) is 10.8. The van der Waals surface area contributed by atoms with Crippen LogP contribution in [0.1, 0.15) is 5.56 Å². The zero-order chi connectivity index (χ0) is 12.5. The molecule has 0 radical (unpaired) electrons. The summed E-state index contributed by atoms with van der Waals surface area (Å²) in [6, 6.07) is 5.46. The number of aromatic amines is 1. The van der Waals surface area contributed by atoms with E-state index in [1.807, 2.05) is 12.1 Å². The van der Waals surface area contributed by atoms with Crippen molar-refractivity contribution in [3.8, 4) is 17.4 Å². The van der Waals surface area contributed by atoms with Crippen LogP contribution < -0.4 is 15.2 Å². The number of hydrogen-bond donors (Lipinski definition) is 2. The highest BCUT2D eigenvalue weighted by Crippen LogP contribution is 2.31. The SMILES string of the molecule is O=c1[nH]cc(O)n1Cc1ccc2c(c1)OCCO2. The molecule has 0 amide bonds. The normalized spacial score (nSPS) is 13.6. The Balaban J connectivity index is 1.92. The molecule has 2 heterocycles. The molecule has 1 aromatic heterocycles. The minimum atomic E-state index is -0.345. The average molecular weight is 248 g/mol. The van der Waals surface area contributed by atoms with E-state index in [2.05, 4.69) is 4.98 Å². The van der Waals surface area contributed by atoms with E-state index in [1.54, 1.807) is 6.07 Å². The van der Waals surface area contributed by atoms with Crippen molar-refractivity contribution in [2.24, 2.45) is 0 Å². The van der Waals surface area contributed by atoms with Crippen molar-refractivity contribution < 1.29 is 14.6 Å². The molecule has 0 saturated heterocycles. The smallest absolute Gasteiger partial charge is 0.328 e. The molecule has 6 heteroatoms. The minimum Gasteiger partial charge on any atom is -0.493 e. The molecule has 18 heavy (non-hydrogen) atoms. The third-order valence-corrected chi connectivity index (χ3v) is 2.79. The van der Waals surface area contributed by atoms with Crippen molar-refractivity contribution in [2.45, 2.75) is 6.54 Å². The van der Waals surface area contributed by atoms with Gasteiger partial charge in [0.1, 0.15) is 13.2 Å². The number of rotatable bonds is 2. The molecule has 6 nitrogen and oxygen atoms in total. The van der Waals surface area contributed by atoms with Gasteiger partial charge in [0.25, 0.3) is 0 Å². The van der Waals surface area contributed by atoms with Gasteiger partial charge < -0.3 is 19.6 Å². The number of aromatic nitrogens is 2. The molecular weight excluding hydrogens is 236 g/mol. The van der Waals surface area contributed by atoms with Crippen LogP contribution in [-0.2, 0) is 6.54 Å². The summed E-state index contributed by atoms with van der Waals surface area (Å²) in [5.41, 5.74) is 0.513. The fourth-order valence-electron chi connectivity index (χ4n) is 1.91. The van der Waals surface area contributed by atoms with Gasteiger partial charge in [0.15, 0.2) is 11.5 Å². The van der Waals surface area contributed by atoms with Crippen molar-refractivity contribution in [3.05, 3.63) is 40.4 Å². The van der Waals surface area contributed by atoms with Crippen LogP contribution >= 0.6 is 0 Å². The molecule has 94 valence electrons. The lowest BCUT2D eigenvalue weighted by atomic mass is 10.2. The van der Waals surface area contributed by atoms with E-state index in [0.29, 0.717) is 24.7 Å². The summed E-state index contributed by atoms with van der Waals surface area (Å²) in [5, 5.41) is 9.51. The molecule has 1 aromatic carbocycles. The van der Waals surface area contributed by atoms with Gasteiger partial charge in [0.2, 0.25) is 5.88 Å². The van der Waals surface area contributed by atoms with Crippen LogP contribution in [0.5, 0.6) is 17.4 Å². The second kappa shape index (κ2) is 4.14. The second-order valence-electron chi connectivity index (χ2n) is 4.02. The summed E-state index contributed by atoms with van der Waals surface area (Å²) in [7, 11) is 0. The van der Waals surface area contributed by atoms with E-state index in [0.717, 1.165) is 5.56 Å². The van der Waals surface area contributed by atoms with E-state index < -0.39 is 0 Å². The molecule has 0 aliphatic carbocycles. The Kier molecular flexibility index (Phi) is 2.47. The highest BCUT2D eigenvalue weighted by molar-refractivity contribution is 5.43. The number of nitrogens with one attached hydrogen (secondary N) is 1. The van der Waals surface area contributed by atoms with E-state index in [4.69, 9.17) is 9.47 Å². The van der Waals surface area contributed by atoms with Crippen LogP contribution in [-0.4, -0.2) is 27.9 Å². The van der Waals surface area contributed by atoms with E-state index in [-0.39, 0.29) is 18.1 Å². The standard InChI is InChI=1S/C12H12N2O4/c15-11-6-13-12(16)14(11)7-8-1-2-9-10(5-8)18-4-3-17-9/h1-2,5-6,15H,3-4,7H2,(H,13,16). The van der Waals surface area contributed by atoms with Gasteiger partial charge in [0.05, 0.1) is 12.7 Å². The lowest BCUT2D eigenvalue weighted by Gasteiger charge is -2.18. The third kappa shape index (κ3) is 1.81. The minimum absolute atomic E-state index is 0.0881. The van der Waals surface area contributed by atoms with E-state index in [1.165, 1.54) is 10.8 Å². The number of benzene rings is 1. The van der Waals surface area contributed by atoms with Crippen LogP contribution in [0.3, 0.4) is 0 Å². The van der Waals surface area contributed by atoms with E-state index >= 15 is 0 Å². The maximum Gasteiger partial charge on any atom is 0.328 e. The Labute approximate surface area is 102 Å². The third-order valence-electron chi connectivity index (χ3n) is 2.79. The molecule has 0 fully saturated rings. The first-order valence-corrected chi connectivity index (χ1v) is 5.60. The van der Waals surface area contributed by atoms with Crippen LogP contribution in [0, 0.1) is 0 Å². The number of ether oxygens (including phenoxy) is 2. The number of hydrogen-bond acceptors (Lipinski definition) is 4. The summed E-state index contributed by atoms with van der Waals surface area (Å²) < 4.78 is 12.1. The monoisotopic (exact) mass is 248 g/mol. The van der Waals surface area contributed by atoms with Crippen molar-refractivity contribution in [2.75, 3.05) is 13.2 Å². The molecule has 0 saturated carbocycles. The van der Waals surface area contributed by atoms with Crippen LogP contribution in [0.2, 0.25) is 0 Å². The van der Waals surface area contributed by atoms with Gasteiger partial charge in [-0.15, -0.1) is 0 Å². The number of nitrogens with zero attached hydrogens (tertiary/aromatic N) is 1. The zero-order valence-corrected chi connectivity index (χ0v) is 9.55. The molecule has 2 N–H and O–H groups in total. The molecule has 0 spiro atoms. The number of fused-ring (bicyclic) bond motifs is 1. The molecular formula is C12H12N2O4. The topological polar surface area (TPSA) is 76.5 Å². The lowest BCUT2D eigenvalue weighted by Crippen LogP contribution is -2.18. The summed E-state index contributed by atoms with van der Waals surface area (Å²) in [6.07, 6.45) is 1.26.